The molecule has 0 atom stereocenters. The fraction of sp³-hybridized carbons (Fsp3) is 0.467. The van der Waals surface area contributed by atoms with Crippen LogP contribution in [0, 0.1) is 11.8 Å². The minimum absolute atomic E-state index is 0.205. The first-order valence-corrected chi connectivity index (χ1v) is 8.62. The zero-order valence-electron chi connectivity index (χ0n) is 12.0. The van der Waals surface area contributed by atoms with Crippen molar-refractivity contribution in [2.45, 2.75) is 17.7 Å². The van der Waals surface area contributed by atoms with E-state index in [1.807, 2.05) is 0 Å². The number of nitrogens with one attached hydrogen (secondary N) is 1. The maximum Gasteiger partial charge on any atom is 0.241 e. The van der Waals surface area contributed by atoms with Crippen LogP contribution in [0.5, 0.6) is 0 Å². The van der Waals surface area contributed by atoms with E-state index in [2.05, 4.69) is 21.5 Å². The topological polar surface area (TPSA) is 75.4 Å². The Morgan fingerprint density at radius 2 is 1.95 bits per heavy atom. The highest BCUT2D eigenvalue weighted by molar-refractivity contribution is 7.89. The third-order valence-electron chi connectivity index (χ3n) is 3.42. The molecule has 3 N–H and O–H groups in total. The highest BCUT2D eigenvalue weighted by Crippen LogP contribution is 2.14. The van der Waals surface area contributed by atoms with Gasteiger partial charge in [-0.05, 0) is 38.1 Å². The first-order chi connectivity index (χ1) is 10.1. The summed E-state index contributed by atoms with van der Waals surface area (Å²) in [5.74, 6) is 5.50. The fourth-order valence-corrected chi connectivity index (χ4v) is 3.55. The van der Waals surface area contributed by atoms with E-state index in [0.717, 1.165) is 19.6 Å². The Morgan fingerprint density at radius 3 is 2.67 bits per heavy atom. The van der Waals surface area contributed by atoms with E-state index < -0.39 is 10.0 Å². The predicted molar refractivity (Wildman–Crippen MR) is 83.2 cm³/mol. The molecule has 1 aromatic rings. The third kappa shape index (κ3) is 4.55. The van der Waals surface area contributed by atoms with Crippen LogP contribution in [0.2, 0.25) is 0 Å². The Bertz CT molecular complexity index is 626. The van der Waals surface area contributed by atoms with Gasteiger partial charge in [-0.2, -0.15) is 0 Å². The monoisotopic (exact) mass is 307 g/mol. The second-order valence-electron chi connectivity index (χ2n) is 4.95. The van der Waals surface area contributed by atoms with Crippen molar-refractivity contribution in [1.82, 2.24) is 9.62 Å². The van der Waals surface area contributed by atoms with Crippen LogP contribution >= 0.6 is 0 Å². The van der Waals surface area contributed by atoms with Crippen molar-refractivity contribution < 1.29 is 8.42 Å². The maximum atomic E-state index is 12.4. The quantitative estimate of drug-likeness (QED) is 0.771. The second kappa shape index (κ2) is 7.57. The van der Waals surface area contributed by atoms with Crippen molar-refractivity contribution in [3.05, 3.63) is 29.8 Å². The number of nitrogens with two attached hydrogens (primary N) is 1. The number of nitrogens with zero attached hydrogens (tertiary/aromatic N) is 1. The molecule has 1 saturated heterocycles. The number of likely N-dealkylation sites (tertiary alicyclic amines) is 1. The summed E-state index contributed by atoms with van der Waals surface area (Å²) in [5.41, 5.74) is 5.82. The number of hydrogen-bond acceptors (Lipinski definition) is 4. The van der Waals surface area contributed by atoms with E-state index in [0.29, 0.717) is 12.1 Å². The molecular weight excluding hydrogens is 286 g/mol. The Morgan fingerprint density at radius 1 is 1.24 bits per heavy atom. The predicted octanol–water partition coefficient (Wildman–Crippen LogP) is 0.371. The van der Waals surface area contributed by atoms with Crippen LogP contribution in [-0.4, -0.2) is 46.0 Å². The zero-order valence-corrected chi connectivity index (χ0v) is 12.8. The van der Waals surface area contributed by atoms with Crippen LogP contribution in [0.25, 0.3) is 0 Å². The van der Waals surface area contributed by atoms with Gasteiger partial charge in [0.2, 0.25) is 10.0 Å². The molecule has 1 aliphatic rings. The minimum atomic E-state index is -3.53. The summed E-state index contributed by atoms with van der Waals surface area (Å²) in [6, 6.07) is 6.73. The van der Waals surface area contributed by atoms with Gasteiger partial charge in [0.25, 0.3) is 0 Å². The smallest absolute Gasteiger partial charge is 0.241 e. The SMILES string of the molecule is NCC#Cc1ccccc1S(=O)(=O)NCCN1CCCC1. The zero-order chi connectivity index (χ0) is 15.1. The molecule has 0 spiro atoms. The van der Waals surface area contributed by atoms with Gasteiger partial charge in [-0.3, -0.25) is 0 Å². The van der Waals surface area contributed by atoms with Crippen LogP contribution in [0.1, 0.15) is 18.4 Å². The van der Waals surface area contributed by atoms with Gasteiger partial charge in [-0.15, -0.1) is 0 Å². The molecule has 5 nitrogen and oxygen atoms in total. The molecular formula is C15H21N3O2S. The van der Waals surface area contributed by atoms with Crippen LogP contribution in [0.15, 0.2) is 29.2 Å². The molecule has 114 valence electrons. The largest absolute Gasteiger partial charge is 0.320 e. The summed E-state index contributed by atoms with van der Waals surface area (Å²) in [6.45, 7) is 3.48. The van der Waals surface area contributed by atoms with Crippen LogP contribution in [0.4, 0.5) is 0 Å². The van der Waals surface area contributed by atoms with Crippen LogP contribution < -0.4 is 10.5 Å². The average Bonchev–Trinajstić information content (AvgIpc) is 2.98. The number of hydrogen-bond donors (Lipinski definition) is 2. The molecule has 0 radical (unpaired) electrons. The van der Waals surface area contributed by atoms with Gasteiger partial charge >= 0.3 is 0 Å². The first kappa shape index (κ1) is 16.0. The number of rotatable bonds is 5. The lowest BCUT2D eigenvalue weighted by molar-refractivity contribution is 0.344. The number of benzene rings is 1. The van der Waals surface area contributed by atoms with E-state index in [1.165, 1.54) is 12.8 Å². The Hall–Kier alpha value is -1.39. The van der Waals surface area contributed by atoms with Crippen molar-refractivity contribution in [3.63, 3.8) is 0 Å². The lowest BCUT2D eigenvalue weighted by Crippen LogP contribution is -2.33. The second-order valence-corrected chi connectivity index (χ2v) is 6.68. The van der Waals surface area contributed by atoms with E-state index in [-0.39, 0.29) is 11.4 Å². The first-order valence-electron chi connectivity index (χ1n) is 7.13. The van der Waals surface area contributed by atoms with Crippen LogP contribution in [-0.2, 0) is 10.0 Å². The Kier molecular flexibility index (Phi) is 5.76. The van der Waals surface area contributed by atoms with Gasteiger partial charge < -0.3 is 10.6 Å². The van der Waals surface area contributed by atoms with E-state index in [9.17, 15) is 8.42 Å². The molecule has 0 aromatic heterocycles. The van der Waals surface area contributed by atoms with Crippen molar-refractivity contribution in [2.75, 3.05) is 32.7 Å². The van der Waals surface area contributed by atoms with Gasteiger partial charge in [-0.25, -0.2) is 13.1 Å². The van der Waals surface area contributed by atoms with Gasteiger partial charge in [0, 0.05) is 18.7 Å². The van der Waals surface area contributed by atoms with E-state index in [4.69, 9.17) is 5.73 Å². The standard InChI is InChI=1S/C15H21N3O2S/c16-9-5-7-14-6-1-2-8-15(14)21(19,20)17-10-13-18-11-3-4-12-18/h1-2,6,8,17H,3-4,9-13,16H2. The van der Waals surface area contributed by atoms with Gasteiger partial charge in [0.05, 0.1) is 11.4 Å². The molecule has 2 rings (SSSR count). The molecule has 0 unspecified atom stereocenters. The molecule has 0 bridgehead atoms. The van der Waals surface area contributed by atoms with E-state index >= 15 is 0 Å². The molecule has 1 aromatic carbocycles. The van der Waals surface area contributed by atoms with Crippen molar-refractivity contribution in [2.24, 2.45) is 5.73 Å². The number of sulfonamides is 1. The highest BCUT2D eigenvalue weighted by Gasteiger charge is 2.18. The minimum Gasteiger partial charge on any atom is -0.320 e. The summed E-state index contributed by atoms with van der Waals surface area (Å²) in [7, 11) is -3.53. The molecule has 0 aliphatic carbocycles. The van der Waals surface area contributed by atoms with Gasteiger partial charge in [-0.1, -0.05) is 24.0 Å². The Balaban J connectivity index is 2.04. The molecule has 1 fully saturated rings. The highest BCUT2D eigenvalue weighted by atomic mass is 32.2. The average molecular weight is 307 g/mol. The molecule has 0 amide bonds. The maximum absolute atomic E-state index is 12.4. The molecule has 21 heavy (non-hydrogen) atoms. The molecule has 1 aliphatic heterocycles. The normalized spacial score (nSPS) is 15.7. The lowest BCUT2D eigenvalue weighted by Gasteiger charge is -2.15. The molecule has 6 heteroatoms. The summed E-state index contributed by atoms with van der Waals surface area (Å²) in [6.07, 6.45) is 2.40. The summed E-state index contributed by atoms with van der Waals surface area (Å²) >= 11 is 0. The van der Waals surface area contributed by atoms with Crippen molar-refractivity contribution in [3.8, 4) is 11.8 Å². The van der Waals surface area contributed by atoms with Crippen LogP contribution in [0.3, 0.4) is 0 Å². The summed E-state index contributed by atoms with van der Waals surface area (Å²) in [4.78, 5) is 2.48. The fourth-order valence-electron chi connectivity index (χ4n) is 2.37. The lowest BCUT2D eigenvalue weighted by atomic mass is 10.2. The molecule has 1 heterocycles. The van der Waals surface area contributed by atoms with E-state index in [1.54, 1.807) is 24.3 Å². The van der Waals surface area contributed by atoms with Crippen molar-refractivity contribution in [1.29, 1.82) is 0 Å². The summed E-state index contributed by atoms with van der Waals surface area (Å²) in [5, 5.41) is 0. The third-order valence-corrected chi connectivity index (χ3v) is 4.94. The Labute approximate surface area is 126 Å². The summed E-state index contributed by atoms with van der Waals surface area (Å²) < 4.78 is 27.4. The molecule has 0 saturated carbocycles. The van der Waals surface area contributed by atoms with Gasteiger partial charge in [0.15, 0.2) is 0 Å². The van der Waals surface area contributed by atoms with Crippen molar-refractivity contribution >= 4 is 10.0 Å². The van der Waals surface area contributed by atoms with Gasteiger partial charge in [0.1, 0.15) is 0 Å².